The van der Waals surface area contributed by atoms with Gasteiger partial charge in [0.25, 0.3) is 5.91 Å². The molecule has 108 valence electrons. The summed E-state index contributed by atoms with van der Waals surface area (Å²) in [6, 6.07) is 4.45. The number of likely N-dealkylation sites (tertiary alicyclic amines) is 1. The van der Waals surface area contributed by atoms with Gasteiger partial charge in [0.05, 0.1) is 5.56 Å². The summed E-state index contributed by atoms with van der Waals surface area (Å²) in [4.78, 5) is 13.9. The highest BCUT2D eigenvalue weighted by Crippen LogP contribution is 2.24. The predicted molar refractivity (Wildman–Crippen MR) is 76.1 cm³/mol. The summed E-state index contributed by atoms with van der Waals surface area (Å²) in [6.45, 7) is 0.918. The van der Waals surface area contributed by atoms with Gasteiger partial charge in [-0.05, 0) is 40.9 Å². The molecule has 0 radical (unpaired) electrons. The molecule has 1 amide bonds. The molecular weight excluding hydrogens is 329 g/mol. The van der Waals surface area contributed by atoms with Gasteiger partial charge in [0.15, 0.2) is 0 Å². The third-order valence-corrected chi connectivity index (χ3v) is 4.15. The Kier molecular flexibility index (Phi) is 4.59. The first-order chi connectivity index (χ1) is 9.54. The Morgan fingerprint density at radius 1 is 1.45 bits per heavy atom. The smallest absolute Gasteiger partial charge is 0.257 e. The van der Waals surface area contributed by atoms with Crippen molar-refractivity contribution in [3.63, 3.8) is 0 Å². The van der Waals surface area contributed by atoms with Crippen molar-refractivity contribution in [2.75, 3.05) is 13.1 Å². The van der Waals surface area contributed by atoms with Crippen molar-refractivity contribution in [1.29, 1.82) is 0 Å². The number of rotatable bonds is 2. The first-order valence-electron chi connectivity index (χ1n) is 6.25. The summed E-state index contributed by atoms with van der Waals surface area (Å²) in [5, 5.41) is 11.6. The van der Waals surface area contributed by atoms with Crippen LogP contribution >= 0.6 is 15.9 Å². The third kappa shape index (κ3) is 2.92. The van der Waals surface area contributed by atoms with Crippen molar-refractivity contribution in [3.8, 4) is 0 Å². The molecule has 7 heteroatoms. The molecule has 5 nitrogen and oxygen atoms in total. The zero-order valence-corrected chi connectivity index (χ0v) is 12.3. The highest BCUT2D eigenvalue weighted by atomic mass is 79.9. The van der Waals surface area contributed by atoms with E-state index in [2.05, 4.69) is 21.1 Å². The van der Waals surface area contributed by atoms with E-state index in [9.17, 15) is 9.18 Å². The predicted octanol–water partition coefficient (Wildman–Crippen LogP) is 2.19. The zero-order valence-electron chi connectivity index (χ0n) is 10.7. The lowest BCUT2D eigenvalue weighted by Gasteiger charge is -2.31. The Labute approximate surface area is 124 Å². The molecule has 1 aromatic rings. The van der Waals surface area contributed by atoms with Crippen LogP contribution in [0.4, 0.5) is 4.39 Å². The van der Waals surface area contributed by atoms with E-state index < -0.39 is 5.82 Å². The van der Waals surface area contributed by atoms with E-state index >= 15 is 0 Å². The molecule has 0 atom stereocenters. The van der Waals surface area contributed by atoms with Gasteiger partial charge in [-0.2, -0.15) is 0 Å². The summed E-state index contributed by atoms with van der Waals surface area (Å²) >= 11 is 3.20. The second kappa shape index (κ2) is 6.21. The summed E-state index contributed by atoms with van der Waals surface area (Å²) < 4.78 is 14.2. The van der Waals surface area contributed by atoms with Gasteiger partial charge in [0, 0.05) is 23.5 Å². The summed E-state index contributed by atoms with van der Waals surface area (Å²) in [6.07, 6.45) is 1.21. The van der Waals surface area contributed by atoms with Crippen molar-refractivity contribution in [3.05, 3.63) is 34.1 Å². The molecule has 20 heavy (non-hydrogen) atoms. The first-order valence-corrected chi connectivity index (χ1v) is 7.04. The Bertz CT molecular complexity index is 522. The number of nitrogens with zero attached hydrogens (tertiary/aromatic N) is 2. The minimum absolute atomic E-state index is 0.0342. The van der Waals surface area contributed by atoms with Gasteiger partial charge in [-0.1, -0.05) is 11.2 Å². The fraction of sp³-hybridized carbons (Fsp3) is 0.385. The number of benzene rings is 1. The van der Waals surface area contributed by atoms with Crippen LogP contribution in [0.1, 0.15) is 23.2 Å². The van der Waals surface area contributed by atoms with Crippen molar-refractivity contribution >= 4 is 27.7 Å². The van der Waals surface area contributed by atoms with Gasteiger partial charge in [-0.15, -0.1) is 0 Å². The molecule has 0 spiro atoms. The molecule has 0 bridgehead atoms. The lowest BCUT2D eigenvalue weighted by Crippen LogP contribution is -2.42. The quantitative estimate of drug-likeness (QED) is 0.374. The number of piperidine rings is 1. The van der Waals surface area contributed by atoms with Crippen molar-refractivity contribution in [2.45, 2.75) is 12.8 Å². The van der Waals surface area contributed by atoms with E-state index in [0.29, 0.717) is 30.4 Å². The first kappa shape index (κ1) is 14.8. The molecule has 1 aliphatic rings. The molecule has 0 aliphatic carbocycles. The van der Waals surface area contributed by atoms with E-state index in [1.807, 2.05) is 0 Å². The minimum Gasteiger partial charge on any atom is -0.409 e. The van der Waals surface area contributed by atoms with E-state index in [-0.39, 0.29) is 23.2 Å². The summed E-state index contributed by atoms with van der Waals surface area (Å²) in [5.41, 5.74) is 5.61. The van der Waals surface area contributed by atoms with Crippen LogP contribution in [-0.2, 0) is 0 Å². The van der Waals surface area contributed by atoms with Gasteiger partial charge >= 0.3 is 0 Å². The van der Waals surface area contributed by atoms with E-state index in [4.69, 9.17) is 10.9 Å². The van der Waals surface area contributed by atoms with Crippen LogP contribution in [0.3, 0.4) is 0 Å². The Morgan fingerprint density at radius 2 is 2.10 bits per heavy atom. The van der Waals surface area contributed by atoms with E-state index in [1.54, 1.807) is 17.0 Å². The van der Waals surface area contributed by atoms with Crippen molar-refractivity contribution in [1.82, 2.24) is 4.90 Å². The van der Waals surface area contributed by atoms with Crippen LogP contribution in [-0.4, -0.2) is 34.9 Å². The number of carbonyl (C=O) groups excluding carboxylic acids is 1. The van der Waals surface area contributed by atoms with E-state index in [0.717, 1.165) is 0 Å². The monoisotopic (exact) mass is 343 g/mol. The van der Waals surface area contributed by atoms with Crippen LogP contribution < -0.4 is 5.73 Å². The molecule has 3 N–H and O–H groups in total. The molecule has 2 rings (SSSR count). The maximum atomic E-state index is 13.8. The van der Waals surface area contributed by atoms with Gasteiger partial charge < -0.3 is 15.8 Å². The van der Waals surface area contributed by atoms with Crippen LogP contribution in [0.15, 0.2) is 27.8 Å². The molecule has 1 fully saturated rings. The largest absolute Gasteiger partial charge is 0.409 e. The molecule has 1 aromatic carbocycles. The zero-order chi connectivity index (χ0) is 14.7. The Balaban J connectivity index is 2.09. The third-order valence-electron chi connectivity index (χ3n) is 3.49. The number of halogens is 2. The highest BCUT2D eigenvalue weighted by Gasteiger charge is 2.28. The van der Waals surface area contributed by atoms with Gasteiger partial charge in [-0.3, -0.25) is 4.79 Å². The fourth-order valence-corrected chi connectivity index (χ4v) is 2.83. The van der Waals surface area contributed by atoms with Crippen LogP contribution in [0.25, 0.3) is 0 Å². The van der Waals surface area contributed by atoms with Crippen molar-refractivity contribution < 1.29 is 14.4 Å². The summed E-state index contributed by atoms with van der Waals surface area (Å²) in [5.74, 6) is -0.729. The van der Waals surface area contributed by atoms with Crippen molar-refractivity contribution in [2.24, 2.45) is 16.8 Å². The molecule has 0 aromatic heterocycles. The molecule has 1 aliphatic heterocycles. The summed E-state index contributed by atoms with van der Waals surface area (Å²) in [7, 11) is 0. The maximum Gasteiger partial charge on any atom is 0.257 e. The lowest BCUT2D eigenvalue weighted by molar-refractivity contribution is 0.0703. The van der Waals surface area contributed by atoms with Crippen LogP contribution in [0, 0.1) is 11.7 Å². The average molecular weight is 344 g/mol. The van der Waals surface area contributed by atoms with Gasteiger partial charge in [0.1, 0.15) is 11.7 Å². The highest BCUT2D eigenvalue weighted by molar-refractivity contribution is 9.10. The number of amidine groups is 1. The van der Waals surface area contributed by atoms with E-state index in [1.165, 1.54) is 6.07 Å². The molecule has 0 unspecified atom stereocenters. The SMILES string of the molecule is N/C(=N/O)C1CCN(C(=O)c2c(F)cccc2Br)CC1. The normalized spacial score (nSPS) is 17.3. The number of oxime groups is 1. The maximum absolute atomic E-state index is 13.8. The lowest BCUT2D eigenvalue weighted by atomic mass is 9.95. The van der Waals surface area contributed by atoms with Crippen LogP contribution in [0.2, 0.25) is 0 Å². The van der Waals surface area contributed by atoms with Crippen LogP contribution in [0.5, 0.6) is 0 Å². The average Bonchev–Trinajstić information content (AvgIpc) is 2.46. The van der Waals surface area contributed by atoms with Gasteiger partial charge in [-0.25, -0.2) is 4.39 Å². The minimum atomic E-state index is -0.539. The number of hydrogen-bond acceptors (Lipinski definition) is 3. The second-order valence-corrected chi connectivity index (χ2v) is 5.54. The topological polar surface area (TPSA) is 78.9 Å². The molecule has 1 saturated heterocycles. The standard InChI is InChI=1S/C13H15BrFN3O2/c14-9-2-1-3-10(15)11(9)13(19)18-6-4-8(5-7-18)12(16)17-20/h1-3,8,20H,4-7H2,(H2,16,17). The van der Waals surface area contributed by atoms with Gasteiger partial charge in [0.2, 0.25) is 0 Å². The molecule has 0 saturated carbocycles. The number of nitrogens with two attached hydrogens (primary N) is 1. The second-order valence-electron chi connectivity index (χ2n) is 4.69. The Morgan fingerprint density at radius 3 is 2.65 bits per heavy atom. The number of hydrogen-bond donors (Lipinski definition) is 2. The number of carbonyl (C=O) groups is 1. The molecular formula is C13H15BrFN3O2. The molecule has 1 heterocycles. The fourth-order valence-electron chi connectivity index (χ4n) is 2.32. The Hall–Kier alpha value is -1.63. The number of amides is 1.